The lowest BCUT2D eigenvalue weighted by atomic mass is 9.71. The van der Waals surface area contributed by atoms with Crippen LogP contribution in [0.3, 0.4) is 0 Å². The Morgan fingerprint density at radius 1 is 1.35 bits per heavy atom. The second-order valence-electron chi connectivity index (χ2n) is 6.18. The average molecular weight is 535 g/mol. The van der Waals surface area contributed by atoms with Gasteiger partial charge in [0, 0.05) is 22.2 Å². The normalized spacial score (nSPS) is 32.2. The van der Waals surface area contributed by atoms with Gasteiger partial charge < -0.3 is 9.64 Å². The number of rotatable bonds is 1. The van der Waals surface area contributed by atoms with E-state index in [4.69, 9.17) is 4.74 Å². The first kappa shape index (κ1) is 15.9. The number of likely N-dealkylation sites (tertiary alicyclic amines) is 1. The van der Waals surface area contributed by atoms with Crippen LogP contribution < -0.4 is 0 Å². The third kappa shape index (κ3) is 2.20. The highest BCUT2D eigenvalue weighted by Crippen LogP contribution is 2.55. The maximum absolute atomic E-state index is 13.1. The first-order valence-corrected chi connectivity index (χ1v) is 10.0. The molecule has 0 aromatic heterocycles. The Morgan fingerprint density at radius 3 is 2.91 bits per heavy atom. The Bertz CT molecular complexity index is 732. The maximum Gasteiger partial charge on any atom is 0.319 e. The molecule has 3 atom stereocenters. The highest BCUT2D eigenvalue weighted by atomic mass is 127. The van der Waals surface area contributed by atoms with Gasteiger partial charge in [-0.3, -0.25) is 9.59 Å². The van der Waals surface area contributed by atoms with Crippen molar-refractivity contribution in [2.24, 2.45) is 5.41 Å². The van der Waals surface area contributed by atoms with Gasteiger partial charge >= 0.3 is 5.97 Å². The minimum absolute atomic E-state index is 0.0120. The van der Waals surface area contributed by atoms with Crippen LogP contribution in [-0.2, 0) is 9.53 Å². The molecule has 3 aliphatic rings. The minimum atomic E-state index is -0.627. The molecule has 4 rings (SSSR count). The molecule has 1 spiro atoms. The Balaban J connectivity index is 1.77. The minimum Gasteiger partial charge on any atom is -0.460 e. The molecule has 6 heteroatoms. The summed E-state index contributed by atoms with van der Waals surface area (Å²) in [5.41, 5.74) is 0.938. The van der Waals surface area contributed by atoms with Crippen molar-refractivity contribution in [2.45, 2.75) is 29.3 Å². The lowest BCUT2D eigenvalue weighted by Crippen LogP contribution is -2.51. The number of carbonyl (C=O) groups is 2. The van der Waals surface area contributed by atoms with E-state index in [2.05, 4.69) is 51.3 Å². The number of carbonyl (C=O) groups excluding carboxylic acids is 2. The van der Waals surface area contributed by atoms with Gasteiger partial charge in [-0.05, 0) is 47.6 Å². The molecule has 0 unspecified atom stereocenters. The molecular formula is C17H15I2NO3. The number of nitrogens with zero attached hydrogens (tertiary/aromatic N) is 1. The number of hydrogen-bond donors (Lipinski definition) is 0. The number of benzene rings is 1. The number of hydrogen-bond acceptors (Lipinski definition) is 3. The Morgan fingerprint density at radius 2 is 2.13 bits per heavy atom. The van der Waals surface area contributed by atoms with Crippen molar-refractivity contribution < 1.29 is 14.3 Å². The molecule has 120 valence electrons. The van der Waals surface area contributed by atoms with Crippen molar-refractivity contribution >= 4 is 57.1 Å². The molecule has 0 radical (unpaired) electrons. The largest absolute Gasteiger partial charge is 0.460 e. The Hall–Kier alpha value is -0.640. The van der Waals surface area contributed by atoms with Gasteiger partial charge in [0.15, 0.2) is 0 Å². The summed E-state index contributed by atoms with van der Waals surface area (Å²) in [4.78, 5) is 27.5. The number of esters is 1. The van der Waals surface area contributed by atoms with Crippen LogP contribution in [0.2, 0.25) is 0 Å². The van der Waals surface area contributed by atoms with Crippen LogP contribution in [0, 0.1) is 8.99 Å². The van der Waals surface area contributed by atoms with E-state index in [-0.39, 0.29) is 21.9 Å². The van der Waals surface area contributed by atoms with E-state index in [1.54, 1.807) is 0 Å². The summed E-state index contributed by atoms with van der Waals surface area (Å²) < 4.78 is 6.62. The van der Waals surface area contributed by atoms with Gasteiger partial charge in [0.2, 0.25) is 0 Å². The number of amides is 1. The third-order valence-electron chi connectivity index (χ3n) is 5.01. The molecule has 1 aliphatic carbocycles. The SMILES string of the molecule is O=C(c1ccccc1I)N1CCC[C@]23C(=O)O[C@H](CC=C12)[C@@H]3I. The van der Waals surface area contributed by atoms with Gasteiger partial charge in [-0.25, -0.2) is 0 Å². The molecule has 0 saturated carbocycles. The molecule has 1 amide bonds. The van der Waals surface area contributed by atoms with Crippen molar-refractivity contribution in [3.63, 3.8) is 0 Å². The molecule has 0 N–H and O–H groups in total. The highest BCUT2D eigenvalue weighted by molar-refractivity contribution is 14.1. The van der Waals surface area contributed by atoms with Crippen molar-refractivity contribution in [1.82, 2.24) is 4.90 Å². The maximum atomic E-state index is 13.1. The van der Waals surface area contributed by atoms with E-state index >= 15 is 0 Å². The second kappa shape index (κ2) is 5.72. The summed E-state index contributed by atoms with van der Waals surface area (Å²) in [6.45, 7) is 0.665. The molecule has 2 saturated heterocycles. The van der Waals surface area contributed by atoms with Crippen molar-refractivity contribution in [1.29, 1.82) is 0 Å². The average Bonchev–Trinajstić information content (AvgIpc) is 2.70. The lowest BCUT2D eigenvalue weighted by molar-refractivity contribution is -0.148. The van der Waals surface area contributed by atoms with Crippen LogP contribution >= 0.6 is 45.2 Å². The number of ether oxygens (including phenoxy) is 1. The standard InChI is InChI=1S/C17H15I2NO3/c18-11-5-2-1-4-10(11)15(21)20-9-3-8-17-13(20)7-6-12(14(17)19)23-16(17)22/h1-2,4-5,7,12,14H,3,6,8-9H2/t12-,14+,17+/m1/s1. The van der Waals surface area contributed by atoms with Gasteiger partial charge in [0.1, 0.15) is 11.5 Å². The number of fused-ring (bicyclic) bond motifs is 1. The highest BCUT2D eigenvalue weighted by Gasteiger charge is 2.62. The Labute approximate surface area is 161 Å². The van der Waals surface area contributed by atoms with Gasteiger partial charge in [0.05, 0.1) is 9.49 Å². The monoisotopic (exact) mass is 535 g/mol. The first-order chi connectivity index (χ1) is 11.1. The number of alkyl halides is 1. The van der Waals surface area contributed by atoms with Gasteiger partial charge in [-0.15, -0.1) is 0 Å². The third-order valence-corrected chi connectivity index (χ3v) is 7.82. The summed E-state index contributed by atoms with van der Waals surface area (Å²) in [7, 11) is 0. The predicted octanol–water partition coefficient (Wildman–Crippen LogP) is 3.53. The van der Waals surface area contributed by atoms with Crippen LogP contribution in [0.5, 0.6) is 0 Å². The molecule has 2 fully saturated rings. The fourth-order valence-electron chi connectivity index (χ4n) is 3.90. The molecule has 23 heavy (non-hydrogen) atoms. The fourth-order valence-corrected chi connectivity index (χ4v) is 5.85. The molecule has 2 aliphatic heterocycles. The predicted molar refractivity (Wildman–Crippen MR) is 102 cm³/mol. The van der Waals surface area contributed by atoms with Crippen molar-refractivity contribution in [2.75, 3.05) is 6.54 Å². The second-order valence-corrected chi connectivity index (χ2v) is 8.69. The smallest absolute Gasteiger partial charge is 0.319 e. The van der Waals surface area contributed by atoms with Crippen LogP contribution in [0.15, 0.2) is 36.0 Å². The topological polar surface area (TPSA) is 46.6 Å². The summed E-state index contributed by atoms with van der Waals surface area (Å²) in [6.07, 6.45) is 4.31. The van der Waals surface area contributed by atoms with Gasteiger partial charge in [-0.1, -0.05) is 40.8 Å². The zero-order valence-electron chi connectivity index (χ0n) is 12.3. The zero-order chi connectivity index (χ0) is 16.2. The van der Waals surface area contributed by atoms with E-state index in [0.29, 0.717) is 18.5 Å². The van der Waals surface area contributed by atoms with E-state index in [1.807, 2.05) is 29.2 Å². The fraction of sp³-hybridized carbons (Fsp3) is 0.412. The number of halogens is 2. The van der Waals surface area contributed by atoms with Crippen LogP contribution in [0.4, 0.5) is 0 Å². The molecular weight excluding hydrogens is 520 g/mol. The van der Waals surface area contributed by atoms with Crippen molar-refractivity contribution in [3.8, 4) is 0 Å². The summed E-state index contributed by atoms with van der Waals surface area (Å²) >= 11 is 4.53. The summed E-state index contributed by atoms with van der Waals surface area (Å²) in [5, 5.41) is 0. The van der Waals surface area contributed by atoms with Gasteiger partial charge in [-0.2, -0.15) is 0 Å². The molecule has 2 heterocycles. The molecule has 1 aromatic carbocycles. The zero-order valence-corrected chi connectivity index (χ0v) is 16.6. The van der Waals surface area contributed by atoms with E-state index in [9.17, 15) is 9.59 Å². The first-order valence-electron chi connectivity index (χ1n) is 7.68. The Kier molecular flexibility index (Phi) is 3.94. The summed E-state index contributed by atoms with van der Waals surface area (Å²) in [6, 6.07) is 7.59. The number of piperidine rings is 1. The lowest BCUT2D eigenvalue weighted by Gasteiger charge is -2.44. The van der Waals surface area contributed by atoms with E-state index < -0.39 is 5.41 Å². The molecule has 1 aromatic rings. The van der Waals surface area contributed by atoms with Gasteiger partial charge in [0.25, 0.3) is 5.91 Å². The van der Waals surface area contributed by atoms with Crippen LogP contribution in [0.1, 0.15) is 29.6 Å². The van der Waals surface area contributed by atoms with E-state index in [1.165, 1.54) is 0 Å². The molecule has 4 nitrogen and oxygen atoms in total. The van der Waals surface area contributed by atoms with Crippen LogP contribution in [-0.4, -0.2) is 33.3 Å². The summed E-state index contributed by atoms with van der Waals surface area (Å²) in [5.74, 6) is -0.159. The van der Waals surface area contributed by atoms with Crippen molar-refractivity contribution in [3.05, 3.63) is 45.2 Å². The van der Waals surface area contributed by atoms with E-state index in [0.717, 1.165) is 22.1 Å². The quantitative estimate of drug-likeness (QED) is 0.315. The van der Waals surface area contributed by atoms with Crippen LogP contribution in [0.25, 0.3) is 0 Å². The molecule has 2 bridgehead atoms.